The monoisotopic (exact) mass is 217 g/mol. The topological polar surface area (TPSA) is 24.1 Å². The third-order valence-electron chi connectivity index (χ3n) is 2.11. The average Bonchev–Trinajstić information content (AvgIpc) is 2.21. The van der Waals surface area contributed by atoms with Crippen LogP contribution in [0.3, 0.4) is 0 Å². The highest BCUT2D eigenvalue weighted by Crippen LogP contribution is 2.29. The minimum atomic E-state index is 0.894. The molecule has 0 atom stereocenters. The first-order valence-corrected chi connectivity index (χ1v) is 5.72. The third kappa shape index (κ3) is 2.86. The molecular formula is C12H17N2Si. The SMILES string of the molecule is C=C([Si])c1cccc(NCC)c1NCC. The maximum atomic E-state index is 3.92. The van der Waals surface area contributed by atoms with E-state index in [0.29, 0.717) is 0 Å². The van der Waals surface area contributed by atoms with Crippen molar-refractivity contribution in [2.75, 3.05) is 23.7 Å². The predicted molar refractivity (Wildman–Crippen MR) is 69.6 cm³/mol. The molecule has 0 unspecified atom stereocenters. The molecule has 0 heterocycles. The minimum absolute atomic E-state index is 0.894. The summed E-state index contributed by atoms with van der Waals surface area (Å²) in [5.41, 5.74) is 3.34. The number of benzene rings is 1. The number of para-hydroxylation sites is 1. The number of hydrogen-bond acceptors (Lipinski definition) is 2. The van der Waals surface area contributed by atoms with Crippen LogP contribution in [0, 0.1) is 0 Å². The fourth-order valence-electron chi connectivity index (χ4n) is 1.51. The van der Waals surface area contributed by atoms with Crippen LogP contribution in [0.15, 0.2) is 24.8 Å². The maximum Gasteiger partial charge on any atom is 0.0712 e. The molecular weight excluding hydrogens is 200 g/mol. The molecule has 1 aromatic carbocycles. The van der Waals surface area contributed by atoms with E-state index < -0.39 is 0 Å². The Hall–Kier alpha value is -1.22. The van der Waals surface area contributed by atoms with E-state index >= 15 is 0 Å². The molecule has 0 aromatic heterocycles. The number of hydrogen-bond donors (Lipinski definition) is 2. The van der Waals surface area contributed by atoms with Crippen molar-refractivity contribution < 1.29 is 0 Å². The summed E-state index contributed by atoms with van der Waals surface area (Å²) in [6.45, 7) is 9.90. The van der Waals surface area contributed by atoms with Crippen LogP contribution in [-0.2, 0) is 0 Å². The normalized spacial score (nSPS) is 9.80. The van der Waals surface area contributed by atoms with Crippen molar-refractivity contribution in [2.45, 2.75) is 13.8 Å². The Labute approximate surface area is 95.2 Å². The quantitative estimate of drug-likeness (QED) is 0.741. The molecule has 0 saturated carbocycles. The van der Waals surface area contributed by atoms with Gasteiger partial charge in [-0.2, -0.15) is 0 Å². The predicted octanol–water partition coefficient (Wildman–Crippen LogP) is 2.69. The van der Waals surface area contributed by atoms with Crippen LogP contribution in [0.25, 0.3) is 5.20 Å². The van der Waals surface area contributed by atoms with E-state index in [-0.39, 0.29) is 0 Å². The highest BCUT2D eigenvalue weighted by atomic mass is 28.1. The summed E-state index contributed by atoms with van der Waals surface area (Å²) in [5.74, 6) is 0. The number of rotatable bonds is 5. The highest BCUT2D eigenvalue weighted by Gasteiger charge is 2.06. The maximum absolute atomic E-state index is 3.92. The van der Waals surface area contributed by atoms with Gasteiger partial charge in [-0.25, -0.2) is 0 Å². The zero-order valence-electron chi connectivity index (χ0n) is 9.35. The summed E-state index contributed by atoms with van der Waals surface area (Å²) < 4.78 is 0. The zero-order chi connectivity index (χ0) is 11.3. The molecule has 3 heteroatoms. The van der Waals surface area contributed by atoms with Crippen LogP contribution in [0.5, 0.6) is 0 Å². The first-order valence-electron chi connectivity index (χ1n) is 5.22. The molecule has 0 aliphatic carbocycles. The molecule has 0 fully saturated rings. The second kappa shape index (κ2) is 5.61. The Balaban J connectivity index is 3.15. The van der Waals surface area contributed by atoms with Crippen molar-refractivity contribution in [3.63, 3.8) is 0 Å². The molecule has 0 bridgehead atoms. The van der Waals surface area contributed by atoms with Crippen LogP contribution in [0.2, 0.25) is 0 Å². The van der Waals surface area contributed by atoms with Crippen molar-refractivity contribution in [2.24, 2.45) is 0 Å². The molecule has 1 aromatic rings. The lowest BCUT2D eigenvalue weighted by molar-refractivity contribution is 1.18. The Bertz CT molecular complexity index is 347. The van der Waals surface area contributed by atoms with Gasteiger partial charge >= 0.3 is 0 Å². The van der Waals surface area contributed by atoms with Crippen LogP contribution < -0.4 is 10.6 Å². The summed E-state index contributed by atoms with van der Waals surface area (Å²) >= 11 is 0. The highest BCUT2D eigenvalue weighted by molar-refractivity contribution is 6.42. The van der Waals surface area contributed by atoms with Gasteiger partial charge in [-0.05, 0) is 25.5 Å². The Morgan fingerprint density at radius 1 is 1.27 bits per heavy atom. The van der Waals surface area contributed by atoms with E-state index in [4.69, 9.17) is 0 Å². The van der Waals surface area contributed by atoms with E-state index in [1.54, 1.807) is 0 Å². The fourth-order valence-corrected chi connectivity index (χ4v) is 1.72. The third-order valence-corrected chi connectivity index (χ3v) is 2.38. The Kier molecular flexibility index (Phi) is 4.43. The molecule has 3 radical (unpaired) electrons. The lowest BCUT2D eigenvalue weighted by Crippen LogP contribution is -2.06. The summed E-state index contributed by atoms with van der Waals surface area (Å²) in [6, 6.07) is 6.15. The van der Waals surface area contributed by atoms with Gasteiger partial charge in [0.05, 0.1) is 21.6 Å². The molecule has 1 rings (SSSR count). The van der Waals surface area contributed by atoms with Gasteiger partial charge in [-0.3, -0.25) is 0 Å². The van der Waals surface area contributed by atoms with Crippen LogP contribution >= 0.6 is 0 Å². The standard InChI is InChI=1S/C12H17N2Si/c1-4-13-11-8-6-7-10(9(3)15)12(11)14-5-2/h6-8,13-14H,3-5H2,1-2H3. The van der Waals surface area contributed by atoms with Crippen molar-refractivity contribution in [1.29, 1.82) is 0 Å². The molecule has 0 aliphatic heterocycles. The van der Waals surface area contributed by atoms with Gasteiger partial charge in [-0.15, -0.1) is 0 Å². The van der Waals surface area contributed by atoms with E-state index in [1.807, 2.05) is 12.1 Å². The summed E-state index contributed by atoms with van der Waals surface area (Å²) in [5, 5.41) is 7.58. The first kappa shape index (κ1) is 11.8. The van der Waals surface area contributed by atoms with Crippen LogP contribution in [0.1, 0.15) is 19.4 Å². The molecule has 0 saturated heterocycles. The van der Waals surface area contributed by atoms with E-state index in [9.17, 15) is 0 Å². The van der Waals surface area contributed by atoms with Gasteiger partial charge in [0.15, 0.2) is 0 Å². The first-order chi connectivity index (χ1) is 7.20. The second-order valence-corrected chi connectivity index (χ2v) is 3.87. The number of anilines is 2. The lowest BCUT2D eigenvalue weighted by atomic mass is 10.1. The summed E-state index contributed by atoms with van der Waals surface area (Å²) in [6.07, 6.45) is 0. The molecule has 79 valence electrons. The minimum Gasteiger partial charge on any atom is -0.384 e. The molecule has 2 nitrogen and oxygen atoms in total. The van der Waals surface area contributed by atoms with Gasteiger partial charge in [0.1, 0.15) is 0 Å². The average molecular weight is 217 g/mol. The number of nitrogens with one attached hydrogen (secondary N) is 2. The fraction of sp³-hybridized carbons (Fsp3) is 0.333. The molecule has 15 heavy (non-hydrogen) atoms. The van der Waals surface area contributed by atoms with Gasteiger partial charge in [0, 0.05) is 13.1 Å². The van der Waals surface area contributed by atoms with Gasteiger partial charge in [0.2, 0.25) is 0 Å². The van der Waals surface area contributed by atoms with E-state index in [2.05, 4.69) is 47.4 Å². The van der Waals surface area contributed by atoms with Gasteiger partial charge in [0.25, 0.3) is 0 Å². The summed E-state index contributed by atoms with van der Waals surface area (Å²) in [7, 11) is 3.48. The van der Waals surface area contributed by atoms with Crippen LogP contribution in [0.4, 0.5) is 11.4 Å². The van der Waals surface area contributed by atoms with Gasteiger partial charge in [-0.1, -0.05) is 23.9 Å². The van der Waals surface area contributed by atoms with Crippen molar-refractivity contribution in [1.82, 2.24) is 0 Å². The smallest absolute Gasteiger partial charge is 0.0712 e. The summed E-state index contributed by atoms with van der Waals surface area (Å²) in [4.78, 5) is 0. The lowest BCUT2D eigenvalue weighted by Gasteiger charge is -2.16. The van der Waals surface area contributed by atoms with Crippen molar-refractivity contribution in [3.05, 3.63) is 30.3 Å². The molecule has 2 N–H and O–H groups in total. The Morgan fingerprint density at radius 3 is 2.47 bits per heavy atom. The molecule has 0 amide bonds. The largest absolute Gasteiger partial charge is 0.384 e. The molecule has 0 aliphatic rings. The van der Waals surface area contributed by atoms with E-state index in [1.165, 1.54) is 0 Å². The Morgan fingerprint density at radius 2 is 1.93 bits per heavy atom. The van der Waals surface area contributed by atoms with E-state index in [0.717, 1.165) is 35.2 Å². The zero-order valence-corrected chi connectivity index (χ0v) is 10.4. The molecule has 0 spiro atoms. The van der Waals surface area contributed by atoms with Crippen molar-refractivity contribution in [3.8, 4) is 0 Å². The van der Waals surface area contributed by atoms with Crippen molar-refractivity contribution >= 4 is 26.8 Å². The van der Waals surface area contributed by atoms with Crippen LogP contribution in [-0.4, -0.2) is 23.3 Å². The van der Waals surface area contributed by atoms with Gasteiger partial charge < -0.3 is 10.6 Å². The second-order valence-electron chi connectivity index (χ2n) is 3.27.